The van der Waals surface area contributed by atoms with Gasteiger partial charge >= 0.3 is 0 Å². The number of nitrogens with one attached hydrogen (secondary N) is 1. The van der Waals surface area contributed by atoms with Crippen LogP contribution >= 0.6 is 46.6 Å². The van der Waals surface area contributed by atoms with Gasteiger partial charge in [0.15, 0.2) is 0 Å². The van der Waals surface area contributed by atoms with Crippen LogP contribution in [0, 0.1) is 5.92 Å². The van der Waals surface area contributed by atoms with E-state index in [9.17, 15) is 9.59 Å². The number of amides is 2. The second kappa shape index (κ2) is 11.8. The Morgan fingerprint density at radius 1 is 1.00 bits per heavy atom. The first-order valence-electron chi connectivity index (χ1n) is 9.57. The van der Waals surface area contributed by atoms with E-state index in [1.807, 2.05) is 26.0 Å². The predicted molar refractivity (Wildman–Crippen MR) is 126 cm³/mol. The zero-order valence-electron chi connectivity index (χ0n) is 17.1. The van der Waals surface area contributed by atoms with Crippen LogP contribution in [0.3, 0.4) is 0 Å². The van der Waals surface area contributed by atoms with Crippen molar-refractivity contribution >= 4 is 58.4 Å². The number of carbonyl (C=O) groups excluding carboxylic acids is 2. The van der Waals surface area contributed by atoms with Crippen molar-refractivity contribution in [2.24, 2.45) is 5.92 Å². The Hall–Kier alpha value is -1.40. The summed E-state index contributed by atoms with van der Waals surface area (Å²) in [6.07, 6.45) is 0. The SMILES string of the molecule is CC(C)CNC(=O)C(C)N(Cc1ccc(Cl)c(Cl)c1)C(=O)CSc1ccc(Cl)cc1. The smallest absolute Gasteiger partial charge is 0.242 e. The summed E-state index contributed by atoms with van der Waals surface area (Å²) in [5.41, 5.74) is 0.803. The van der Waals surface area contributed by atoms with Crippen LogP contribution < -0.4 is 5.32 Å². The second-order valence-electron chi connectivity index (χ2n) is 7.33. The highest BCUT2D eigenvalue weighted by molar-refractivity contribution is 8.00. The number of nitrogens with zero attached hydrogens (tertiary/aromatic N) is 1. The lowest BCUT2D eigenvalue weighted by Gasteiger charge is -2.29. The Kier molecular flexibility index (Phi) is 9.82. The molecule has 0 bridgehead atoms. The van der Waals surface area contributed by atoms with E-state index in [-0.39, 0.29) is 24.1 Å². The summed E-state index contributed by atoms with van der Waals surface area (Å²) in [5, 5.41) is 4.40. The summed E-state index contributed by atoms with van der Waals surface area (Å²) in [6, 6.07) is 11.9. The number of rotatable bonds is 9. The fraction of sp³-hybridized carbons (Fsp3) is 0.364. The highest BCUT2D eigenvalue weighted by Crippen LogP contribution is 2.25. The van der Waals surface area contributed by atoms with Gasteiger partial charge in [-0.2, -0.15) is 0 Å². The van der Waals surface area contributed by atoms with Crippen molar-refractivity contribution in [3.8, 4) is 0 Å². The molecule has 0 saturated heterocycles. The van der Waals surface area contributed by atoms with Crippen LogP contribution in [0.25, 0.3) is 0 Å². The van der Waals surface area contributed by atoms with Gasteiger partial charge in [0.2, 0.25) is 11.8 Å². The van der Waals surface area contributed by atoms with E-state index in [1.54, 1.807) is 42.2 Å². The molecule has 1 N–H and O–H groups in total. The van der Waals surface area contributed by atoms with Crippen LogP contribution in [0.4, 0.5) is 0 Å². The quantitative estimate of drug-likeness (QED) is 0.446. The van der Waals surface area contributed by atoms with Gasteiger partial charge in [-0.3, -0.25) is 9.59 Å². The summed E-state index contributed by atoms with van der Waals surface area (Å²) in [4.78, 5) is 28.2. The average molecular weight is 488 g/mol. The molecule has 0 saturated carbocycles. The van der Waals surface area contributed by atoms with E-state index in [4.69, 9.17) is 34.8 Å². The molecule has 0 aliphatic rings. The van der Waals surface area contributed by atoms with Crippen molar-refractivity contribution in [2.45, 2.75) is 38.3 Å². The molecule has 0 heterocycles. The fourth-order valence-corrected chi connectivity index (χ4v) is 3.86. The molecule has 2 amide bonds. The molecule has 8 heteroatoms. The molecule has 30 heavy (non-hydrogen) atoms. The minimum Gasteiger partial charge on any atom is -0.354 e. The van der Waals surface area contributed by atoms with Gasteiger partial charge in [-0.15, -0.1) is 11.8 Å². The maximum atomic E-state index is 13.1. The van der Waals surface area contributed by atoms with Crippen molar-refractivity contribution in [1.29, 1.82) is 0 Å². The van der Waals surface area contributed by atoms with Gasteiger partial charge in [0.05, 0.1) is 15.8 Å². The zero-order valence-corrected chi connectivity index (χ0v) is 20.2. The summed E-state index contributed by atoms with van der Waals surface area (Å²) in [6.45, 7) is 6.58. The second-order valence-corrected chi connectivity index (χ2v) is 9.63. The Morgan fingerprint density at radius 2 is 1.67 bits per heavy atom. The normalized spacial score (nSPS) is 12.0. The minimum atomic E-state index is -0.628. The Balaban J connectivity index is 2.15. The molecular formula is C22H25Cl3N2O2S. The van der Waals surface area contributed by atoms with Gasteiger partial charge in [-0.25, -0.2) is 0 Å². The van der Waals surface area contributed by atoms with Crippen LogP contribution in [0.5, 0.6) is 0 Å². The largest absolute Gasteiger partial charge is 0.354 e. The van der Waals surface area contributed by atoms with Crippen LogP contribution in [0.1, 0.15) is 26.3 Å². The average Bonchev–Trinajstić information content (AvgIpc) is 2.71. The van der Waals surface area contributed by atoms with Crippen molar-refractivity contribution in [2.75, 3.05) is 12.3 Å². The Morgan fingerprint density at radius 3 is 2.27 bits per heavy atom. The van der Waals surface area contributed by atoms with E-state index in [2.05, 4.69) is 5.32 Å². The molecule has 0 spiro atoms. The highest BCUT2D eigenvalue weighted by Gasteiger charge is 2.26. The summed E-state index contributed by atoms with van der Waals surface area (Å²) in [5.74, 6) is 0.188. The van der Waals surface area contributed by atoms with Crippen LogP contribution in [-0.4, -0.2) is 35.1 Å². The molecule has 2 rings (SSSR count). The van der Waals surface area contributed by atoms with Gasteiger partial charge in [0, 0.05) is 23.0 Å². The molecule has 2 aromatic carbocycles. The van der Waals surface area contributed by atoms with Gasteiger partial charge < -0.3 is 10.2 Å². The van der Waals surface area contributed by atoms with Crippen LogP contribution in [-0.2, 0) is 16.1 Å². The van der Waals surface area contributed by atoms with E-state index >= 15 is 0 Å². The molecule has 162 valence electrons. The van der Waals surface area contributed by atoms with Gasteiger partial charge in [0.25, 0.3) is 0 Å². The molecule has 0 aliphatic carbocycles. The van der Waals surface area contributed by atoms with Crippen molar-refractivity contribution in [1.82, 2.24) is 10.2 Å². The molecule has 1 unspecified atom stereocenters. The molecule has 1 atom stereocenters. The lowest BCUT2D eigenvalue weighted by atomic mass is 10.1. The van der Waals surface area contributed by atoms with Crippen molar-refractivity contribution < 1.29 is 9.59 Å². The number of carbonyl (C=O) groups is 2. The number of thioether (sulfide) groups is 1. The monoisotopic (exact) mass is 486 g/mol. The fourth-order valence-electron chi connectivity index (χ4n) is 2.63. The third kappa shape index (κ3) is 7.69. The predicted octanol–water partition coefficient (Wildman–Crippen LogP) is 5.93. The minimum absolute atomic E-state index is 0.145. The lowest BCUT2D eigenvalue weighted by Crippen LogP contribution is -2.48. The molecule has 2 aromatic rings. The van der Waals surface area contributed by atoms with Crippen LogP contribution in [0.15, 0.2) is 47.4 Å². The maximum Gasteiger partial charge on any atom is 0.242 e. The van der Waals surface area contributed by atoms with E-state index in [1.165, 1.54) is 11.8 Å². The number of hydrogen-bond acceptors (Lipinski definition) is 3. The Bertz CT molecular complexity index is 875. The number of hydrogen-bond donors (Lipinski definition) is 1. The molecular weight excluding hydrogens is 463 g/mol. The van der Waals surface area contributed by atoms with Crippen molar-refractivity contribution in [3.05, 3.63) is 63.1 Å². The first-order valence-corrected chi connectivity index (χ1v) is 11.7. The van der Waals surface area contributed by atoms with Gasteiger partial charge in [0.1, 0.15) is 6.04 Å². The maximum absolute atomic E-state index is 13.1. The topological polar surface area (TPSA) is 49.4 Å². The number of benzene rings is 2. The third-order valence-corrected chi connectivity index (χ3v) is 6.35. The van der Waals surface area contributed by atoms with Gasteiger partial charge in [-0.05, 0) is 54.8 Å². The molecule has 0 fully saturated rings. The molecule has 0 aromatic heterocycles. The third-order valence-electron chi connectivity index (χ3n) is 4.36. The van der Waals surface area contributed by atoms with Crippen molar-refractivity contribution in [3.63, 3.8) is 0 Å². The van der Waals surface area contributed by atoms with Gasteiger partial charge in [-0.1, -0.05) is 54.7 Å². The van der Waals surface area contributed by atoms with E-state index < -0.39 is 6.04 Å². The molecule has 0 aliphatic heterocycles. The summed E-state index contributed by atoms with van der Waals surface area (Å²) >= 11 is 19.4. The van der Waals surface area contributed by atoms with E-state index in [0.717, 1.165) is 10.5 Å². The number of halogens is 3. The standard InChI is InChI=1S/C22H25Cl3N2O2S/c1-14(2)11-26-22(29)15(3)27(12-16-4-9-19(24)20(25)10-16)21(28)13-30-18-7-5-17(23)6-8-18/h4-10,14-15H,11-13H2,1-3H3,(H,26,29). The molecule has 0 radical (unpaired) electrons. The van der Waals surface area contributed by atoms with E-state index in [0.29, 0.717) is 27.5 Å². The lowest BCUT2D eigenvalue weighted by molar-refractivity contribution is -0.138. The first kappa shape index (κ1) is 24.9. The molecule has 4 nitrogen and oxygen atoms in total. The summed E-state index contributed by atoms with van der Waals surface area (Å²) < 4.78 is 0. The summed E-state index contributed by atoms with van der Waals surface area (Å²) in [7, 11) is 0. The van der Waals surface area contributed by atoms with Crippen LogP contribution in [0.2, 0.25) is 15.1 Å². The Labute approximate surface area is 197 Å². The zero-order chi connectivity index (χ0) is 22.3. The first-order chi connectivity index (χ1) is 14.2. The highest BCUT2D eigenvalue weighted by atomic mass is 35.5.